The van der Waals surface area contributed by atoms with Crippen LogP contribution in [0.3, 0.4) is 0 Å². The van der Waals surface area contributed by atoms with Gasteiger partial charge in [-0.25, -0.2) is 4.18 Å². The van der Waals surface area contributed by atoms with Crippen LogP contribution in [0.25, 0.3) is 0 Å². The fourth-order valence-corrected chi connectivity index (χ4v) is 2.99. The molecule has 0 aliphatic carbocycles. The third kappa shape index (κ3) is 37.3. The quantitative estimate of drug-likeness (QED) is 0.196. The zero-order valence-electron chi connectivity index (χ0n) is 18.2. The normalized spacial score (nSPS) is 10.8. The smallest absolute Gasteiger partial charge is 0.382 e. The lowest BCUT2D eigenvalue weighted by Gasteiger charge is -2.03. The van der Waals surface area contributed by atoms with E-state index in [1.54, 1.807) is 0 Å². The van der Waals surface area contributed by atoms with Gasteiger partial charge >= 0.3 is 10.4 Å². The third-order valence-corrected chi connectivity index (χ3v) is 4.60. The van der Waals surface area contributed by atoms with Gasteiger partial charge in [-0.2, -0.15) is 8.42 Å². The zero-order valence-corrected chi connectivity index (χ0v) is 19.0. The number of unbranched alkanes of at least 4 members (excludes halogenated alkanes) is 13. The SMILES string of the molecule is CCCCCCCCCCCCCCCCOS(=O)(=O)O.CCOCC.N. The molecule has 0 amide bonds. The van der Waals surface area contributed by atoms with Crippen LogP contribution in [0.5, 0.6) is 0 Å². The van der Waals surface area contributed by atoms with E-state index in [1.165, 1.54) is 70.6 Å². The molecule has 0 saturated carbocycles. The van der Waals surface area contributed by atoms with E-state index in [-0.39, 0.29) is 12.8 Å². The number of rotatable bonds is 18. The van der Waals surface area contributed by atoms with Gasteiger partial charge in [-0.1, -0.05) is 90.4 Å². The number of hydrogen-bond acceptors (Lipinski definition) is 5. The first kappa shape index (κ1) is 31.5. The van der Waals surface area contributed by atoms with Crippen molar-refractivity contribution in [2.75, 3.05) is 19.8 Å². The maximum Gasteiger partial charge on any atom is 0.397 e. The van der Waals surface area contributed by atoms with Gasteiger partial charge in [0.2, 0.25) is 0 Å². The van der Waals surface area contributed by atoms with E-state index in [1.807, 2.05) is 13.8 Å². The fourth-order valence-electron chi connectivity index (χ4n) is 2.66. The standard InChI is InChI=1S/C16H34O4S.C4H10O.H3N/c1-2-3-4-5-6-7-8-9-10-11-12-13-14-15-16-20-21(17,18)19;1-3-5-4-2;/h2-16H2,1H3,(H,17,18,19);3-4H2,1-2H3;1H3. The van der Waals surface area contributed by atoms with Gasteiger partial charge in [0, 0.05) is 13.2 Å². The van der Waals surface area contributed by atoms with Crippen LogP contribution in [0.2, 0.25) is 0 Å². The van der Waals surface area contributed by atoms with Crippen molar-refractivity contribution >= 4 is 10.4 Å². The third-order valence-electron chi connectivity index (χ3n) is 4.14. The van der Waals surface area contributed by atoms with E-state index >= 15 is 0 Å². The molecular weight excluding hydrogens is 366 g/mol. The van der Waals surface area contributed by atoms with Crippen LogP contribution < -0.4 is 6.15 Å². The Morgan fingerprint density at radius 3 is 1.22 bits per heavy atom. The molecule has 0 rings (SSSR count). The second kappa shape index (κ2) is 25.8. The van der Waals surface area contributed by atoms with Crippen molar-refractivity contribution in [3.63, 3.8) is 0 Å². The summed E-state index contributed by atoms with van der Waals surface area (Å²) in [7, 11) is -4.24. The maximum atomic E-state index is 10.3. The first-order valence-corrected chi connectivity index (χ1v) is 12.0. The van der Waals surface area contributed by atoms with Crippen molar-refractivity contribution in [1.82, 2.24) is 6.15 Å². The molecule has 0 fully saturated rings. The summed E-state index contributed by atoms with van der Waals surface area (Å²) in [5.41, 5.74) is 0. The van der Waals surface area contributed by atoms with Crippen molar-refractivity contribution in [2.24, 2.45) is 0 Å². The molecule has 0 heterocycles. The lowest BCUT2D eigenvalue weighted by molar-refractivity contribution is 0.162. The molecule has 7 heteroatoms. The van der Waals surface area contributed by atoms with Gasteiger partial charge in [-0.15, -0.1) is 0 Å². The number of hydrogen-bond donors (Lipinski definition) is 2. The molecule has 0 aliphatic rings. The van der Waals surface area contributed by atoms with Crippen LogP contribution in [0, 0.1) is 0 Å². The minimum Gasteiger partial charge on any atom is -0.382 e. The van der Waals surface area contributed by atoms with Crippen molar-refractivity contribution < 1.29 is 21.9 Å². The lowest BCUT2D eigenvalue weighted by atomic mass is 10.0. The summed E-state index contributed by atoms with van der Waals surface area (Å²) in [5, 5.41) is 0. The largest absolute Gasteiger partial charge is 0.397 e. The fraction of sp³-hybridized carbons (Fsp3) is 1.00. The van der Waals surface area contributed by atoms with Crippen molar-refractivity contribution in [3.8, 4) is 0 Å². The van der Waals surface area contributed by atoms with Crippen molar-refractivity contribution in [1.29, 1.82) is 0 Å². The lowest BCUT2D eigenvalue weighted by Crippen LogP contribution is -2.04. The topological polar surface area (TPSA) is 108 Å². The summed E-state index contributed by atoms with van der Waals surface area (Å²) in [6.07, 6.45) is 17.6. The Labute approximate surface area is 169 Å². The van der Waals surface area contributed by atoms with Crippen LogP contribution in [-0.4, -0.2) is 32.8 Å². The summed E-state index contributed by atoms with van der Waals surface area (Å²) >= 11 is 0. The predicted molar refractivity (Wildman–Crippen MR) is 115 cm³/mol. The molecule has 0 spiro atoms. The molecular formula is C20H47NO5S. The van der Waals surface area contributed by atoms with E-state index in [2.05, 4.69) is 11.1 Å². The van der Waals surface area contributed by atoms with E-state index in [0.29, 0.717) is 6.42 Å². The molecule has 27 heavy (non-hydrogen) atoms. The second-order valence-electron chi connectivity index (χ2n) is 6.63. The van der Waals surface area contributed by atoms with Gasteiger partial charge in [-0.05, 0) is 20.3 Å². The van der Waals surface area contributed by atoms with E-state index in [9.17, 15) is 8.42 Å². The Kier molecular flexibility index (Phi) is 30.1. The molecule has 4 N–H and O–H groups in total. The van der Waals surface area contributed by atoms with E-state index < -0.39 is 10.4 Å². The summed E-state index contributed by atoms with van der Waals surface area (Å²) in [6.45, 7) is 8.01. The molecule has 6 nitrogen and oxygen atoms in total. The van der Waals surface area contributed by atoms with Crippen LogP contribution in [0.4, 0.5) is 0 Å². The molecule has 0 radical (unpaired) electrons. The summed E-state index contributed by atoms with van der Waals surface area (Å²) < 4.78 is 38.1. The van der Waals surface area contributed by atoms with Crippen LogP contribution >= 0.6 is 0 Å². The van der Waals surface area contributed by atoms with Crippen molar-refractivity contribution in [3.05, 3.63) is 0 Å². The first-order valence-electron chi connectivity index (χ1n) is 10.7. The molecule has 168 valence electrons. The highest BCUT2D eigenvalue weighted by molar-refractivity contribution is 7.80. The van der Waals surface area contributed by atoms with Gasteiger partial charge < -0.3 is 10.9 Å². The Balaban J connectivity index is -0.000000844. The molecule has 0 atom stereocenters. The van der Waals surface area contributed by atoms with Gasteiger partial charge in [-0.3, -0.25) is 4.55 Å². The van der Waals surface area contributed by atoms with Gasteiger partial charge in [0.05, 0.1) is 6.61 Å². The van der Waals surface area contributed by atoms with Gasteiger partial charge in [0.15, 0.2) is 0 Å². The number of ether oxygens (including phenoxy) is 1. The maximum absolute atomic E-state index is 10.3. The Morgan fingerprint density at radius 1 is 0.630 bits per heavy atom. The second-order valence-corrected chi connectivity index (χ2v) is 7.72. The summed E-state index contributed by atoms with van der Waals surface area (Å²) in [6, 6.07) is 0. The molecule has 0 unspecified atom stereocenters. The average Bonchev–Trinajstić information content (AvgIpc) is 2.58. The highest BCUT2D eigenvalue weighted by atomic mass is 32.3. The molecule has 0 aliphatic heterocycles. The minimum atomic E-state index is -4.24. The zero-order chi connectivity index (χ0) is 19.9. The Bertz CT molecular complexity index is 348. The van der Waals surface area contributed by atoms with Crippen LogP contribution in [0.1, 0.15) is 111 Å². The van der Waals surface area contributed by atoms with E-state index in [4.69, 9.17) is 9.29 Å². The summed E-state index contributed by atoms with van der Waals surface area (Å²) in [5.74, 6) is 0. The van der Waals surface area contributed by atoms with E-state index in [0.717, 1.165) is 26.1 Å². The molecule has 0 bridgehead atoms. The Morgan fingerprint density at radius 2 is 0.963 bits per heavy atom. The van der Waals surface area contributed by atoms with Crippen LogP contribution in [0.15, 0.2) is 0 Å². The first-order chi connectivity index (χ1) is 12.5. The molecule has 0 aromatic carbocycles. The predicted octanol–water partition coefficient (Wildman–Crippen LogP) is 6.49. The average molecular weight is 414 g/mol. The molecule has 0 aromatic rings. The Hall–Kier alpha value is -0.210. The monoisotopic (exact) mass is 413 g/mol. The minimum absolute atomic E-state index is 0. The van der Waals surface area contributed by atoms with Crippen LogP contribution in [-0.2, 0) is 19.3 Å². The summed E-state index contributed by atoms with van der Waals surface area (Å²) in [4.78, 5) is 0. The highest BCUT2D eigenvalue weighted by Gasteiger charge is 2.02. The van der Waals surface area contributed by atoms with Gasteiger partial charge in [0.25, 0.3) is 0 Å². The highest BCUT2D eigenvalue weighted by Crippen LogP contribution is 2.12. The molecule has 0 aromatic heterocycles. The van der Waals surface area contributed by atoms with Crippen molar-refractivity contribution in [2.45, 2.75) is 111 Å². The van der Waals surface area contributed by atoms with Gasteiger partial charge in [0.1, 0.15) is 0 Å². The molecule has 0 saturated heterocycles.